The van der Waals surface area contributed by atoms with Gasteiger partial charge in [-0.1, -0.05) is 0 Å². The van der Waals surface area contributed by atoms with E-state index in [1.54, 1.807) is 18.2 Å². The molecule has 8 heteroatoms. The highest BCUT2D eigenvalue weighted by atomic mass is 19.1. The van der Waals surface area contributed by atoms with Crippen LogP contribution in [0.15, 0.2) is 54.7 Å². The van der Waals surface area contributed by atoms with E-state index in [0.717, 1.165) is 12.1 Å². The molecule has 1 aliphatic heterocycles. The van der Waals surface area contributed by atoms with Crippen molar-refractivity contribution in [1.29, 1.82) is 0 Å². The second-order valence-corrected chi connectivity index (χ2v) is 5.99. The van der Waals surface area contributed by atoms with Gasteiger partial charge in [0.2, 0.25) is 0 Å². The van der Waals surface area contributed by atoms with Gasteiger partial charge in [-0.15, -0.1) is 0 Å². The number of hydrogen-bond donors (Lipinski definition) is 2. The SMILES string of the molecule is O=C(Nc1ccc2c(c1)OCCO2)c1ccnc(Nc2ccc(F)cc2F)c1. The van der Waals surface area contributed by atoms with E-state index in [9.17, 15) is 13.6 Å². The third-order valence-corrected chi connectivity index (χ3v) is 4.02. The Morgan fingerprint density at radius 2 is 1.79 bits per heavy atom. The Morgan fingerprint density at radius 1 is 0.964 bits per heavy atom. The molecule has 0 fully saturated rings. The maximum absolute atomic E-state index is 13.8. The third kappa shape index (κ3) is 3.85. The lowest BCUT2D eigenvalue weighted by Gasteiger charge is -2.19. The van der Waals surface area contributed by atoms with Crippen LogP contribution in [-0.4, -0.2) is 24.1 Å². The Labute approximate surface area is 159 Å². The highest BCUT2D eigenvalue weighted by molar-refractivity contribution is 6.04. The summed E-state index contributed by atoms with van der Waals surface area (Å²) in [7, 11) is 0. The average molecular weight is 383 g/mol. The lowest BCUT2D eigenvalue weighted by atomic mass is 10.2. The monoisotopic (exact) mass is 383 g/mol. The van der Waals surface area contributed by atoms with Crippen molar-refractivity contribution in [1.82, 2.24) is 4.98 Å². The number of nitrogens with one attached hydrogen (secondary N) is 2. The van der Waals surface area contributed by atoms with E-state index in [-0.39, 0.29) is 17.4 Å². The molecule has 1 amide bonds. The number of amides is 1. The molecule has 28 heavy (non-hydrogen) atoms. The molecule has 0 bridgehead atoms. The lowest BCUT2D eigenvalue weighted by Crippen LogP contribution is -2.16. The average Bonchev–Trinajstić information content (AvgIpc) is 2.70. The van der Waals surface area contributed by atoms with E-state index in [0.29, 0.717) is 36.0 Å². The Kier molecular flexibility index (Phi) is 4.76. The van der Waals surface area contributed by atoms with Crippen molar-refractivity contribution in [3.63, 3.8) is 0 Å². The molecule has 0 unspecified atom stereocenters. The maximum atomic E-state index is 13.8. The summed E-state index contributed by atoms with van der Waals surface area (Å²) in [6.45, 7) is 0.934. The highest BCUT2D eigenvalue weighted by Gasteiger charge is 2.14. The number of fused-ring (bicyclic) bond motifs is 1. The molecule has 142 valence electrons. The molecule has 1 aliphatic rings. The van der Waals surface area contributed by atoms with E-state index < -0.39 is 11.6 Å². The normalized spacial score (nSPS) is 12.4. The molecule has 0 saturated heterocycles. The molecule has 6 nitrogen and oxygen atoms in total. The molecule has 0 atom stereocenters. The molecular weight excluding hydrogens is 368 g/mol. The number of carbonyl (C=O) groups excluding carboxylic acids is 1. The number of pyridine rings is 1. The molecule has 3 aromatic rings. The van der Waals surface area contributed by atoms with Crippen molar-refractivity contribution in [3.05, 3.63) is 71.9 Å². The van der Waals surface area contributed by atoms with Crippen molar-refractivity contribution in [2.75, 3.05) is 23.8 Å². The number of aromatic nitrogens is 1. The van der Waals surface area contributed by atoms with Crippen LogP contribution in [-0.2, 0) is 0 Å². The molecule has 2 aromatic carbocycles. The molecule has 0 saturated carbocycles. The van der Waals surface area contributed by atoms with Gasteiger partial charge in [-0.2, -0.15) is 0 Å². The quantitative estimate of drug-likeness (QED) is 0.709. The number of ether oxygens (including phenoxy) is 2. The largest absolute Gasteiger partial charge is 0.486 e. The van der Waals surface area contributed by atoms with Gasteiger partial charge >= 0.3 is 0 Å². The van der Waals surface area contributed by atoms with Crippen LogP contribution >= 0.6 is 0 Å². The fraction of sp³-hybridized carbons (Fsp3) is 0.100. The van der Waals surface area contributed by atoms with Crippen LogP contribution < -0.4 is 20.1 Å². The first-order valence-corrected chi connectivity index (χ1v) is 8.47. The summed E-state index contributed by atoms with van der Waals surface area (Å²) < 4.78 is 37.8. The Morgan fingerprint density at radius 3 is 2.61 bits per heavy atom. The zero-order valence-electron chi connectivity index (χ0n) is 14.5. The number of rotatable bonds is 4. The molecule has 2 heterocycles. The van der Waals surface area contributed by atoms with E-state index in [2.05, 4.69) is 15.6 Å². The van der Waals surface area contributed by atoms with Gasteiger partial charge in [0.05, 0.1) is 5.69 Å². The van der Waals surface area contributed by atoms with Crippen molar-refractivity contribution < 1.29 is 23.0 Å². The van der Waals surface area contributed by atoms with Crippen LogP contribution in [0.5, 0.6) is 11.5 Å². The first-order chi connectivity index (χ1) is 13.6. The van der Waals surface area contributed by atoms with E-state index in [1.165, 1.54) is 24.4 Å². The van der Waals surface area contributed by atoms with Gasteiger partial charge in [0.25, 0.3) is 5.91 Å². The van der Waals surface area contributed by atoms with Crippen molar-refractivity contribution in [2.24, 2.45) is 0 Å². The van der Waals surface area contributed by atoms with Gasteiger partial charge in [0.1, 0.15) is 30.7 Å². The van der Waals surface area contributed by atoms with Crippen LogP contribution in [0, 0.1) is 11.6 Å². The van der Waals surface area contributed by atoms with Crippen LogP contribution in [0.25, 0.3) is 0 Å². The number of hydrogen-bond acceptors (Lipinski definition) is 5. The standard InChI is InChI=1S/C20H15F2N3O3/c21-13-1-3-16(15(22)10-13)25-19-9-12(5-6-23-19)20(26)24-14-2-4-17-18(11-14)28-8-7-27-17/h1-6,9-11H,7-8H2,(H,23,25)(H,24,26). The summed E-state index contributed by atoms with van der Waals surface area (Å²) in [6.07, 6.45) is 1.42. The minimum Gasteiger partial charge on any atom is -0.486 e. The molecule has 0 aliphatic carbocycles. The Hall–Kier alpha value is -3.68. The zero-order chi connectivity index (χ0) is 19.5. The van der Waals surface area contributed by atoms with Gasteiger partial charge < -0.3 is 20.1 Å². The summed E-state index contributed by atoms with van der Waals surface area (Å²) in [5, 5.41) is 5.49. The van der Waals surface area contributed by atoms with Gasteiger partial charge in [-0.05, 0) is 36.4 Å². The molecule has 4 rings (SSSR count). The van der Waals surface area contributed by atoms with Crippen LogP contribution in [0.3, 0.4) is 0 Å². The first-order valence-electron chi connectivity index (χ1n) is 8.47. The van der Waals surface area contributed by atoms with Crippen molar-refractivity contribution in [3.8, 4) is 11.5 Å². The number of benzene rings is 2. The lowest BCUT2D eigenvalue weighted by molar-refractivity contribution is 0.102. The smallest absolute Gasteiger partial charge is 0.255 e. The predicted molar refractivity (Wildman–Crippen MR) is 99.3 cm³/mol. The van der Waals surface area contributed by atoms with Gasteiger partial charge in [-0.3, -0.25) is 4.79 Å². The van der Waals surface area contributed by atoms with Gasteiger partial charge in [-0.25, -0.2) is 13.8 Å². The fourth-order valence-electron chi connectivity index (χ4n) is 2.69. The van der Waals surface area contributed by atoms with Crippen LogP contribution in [0.1, 0.15) is 10.4 Å². The summed E-state index contributed by atoms with van der Waals surface area (Å²) >= 11 is 0. The van der Waals surface area contributed by atoms with E-state index in [4.69, 9.17) is 9.47 Å². The fourth-order valence-corrected chi connectivity index (χ4v) is 2.69. The molecule has 0 radical (unpaired) electrons. The summed E-state index contributed by atoms with van der Waals surface area (Å²) in [6, 6.07) is 11.3. The van der Waals surface area contributed by atoms with Crippen LogP contribution in [0.4, 0.5) is 26.0 Å². The van der Waals surface area contributed by atoms with Crippen molar-refractivity contribution in [2.45, 2.75) is 0 Å². The predicted octanol–water partition coefficient (Wildman–Crippen LogP) is 4.13. The second-order valence-electron chi connectivity index (χ2n) is 5.99. The van der Waals surface area contributed by atoms with Gasteiger partial charge in [0.15, 0.2) is 11.5 Å². The highest BCUT2D eigenvalue weighted by Crippen LogP contribution is 2.32. The van der Waals surface area contributed by atoms with E-state index in [1.807, 2.05) is 0 Å². The summed E-state index contributed by atoms with van der Waals surface area (Å²) in [4.78, 5) is 16.6. The topological polar surface area (TPSA) is 72.5 Å². The molecule has 2 N–H and O–H groups in total. The minimum atomic E-state index is -0.757. The van der Waals surface area contributed by atoms with Crippen molar-refractivity contribution >= 4 is 23.1 Å². The number of anilines is 3. The number of nitrogens with zero attached hydrogens (tertiary/aromatic N) is 1. The molecule has 1 aromatic heterocycles. The van der Waals surface area contributed by atoms with E-state index >= 15 is 0 Å². The molecular formula is C20H15F2N3O3. The molecule has 0 spiro atoms. The van der Waals surface area contributed by atoms with Gasteiger partial charge in [0, 0.05) is 29.6 Å². The zero-order valence-corrected chi connectivity index (χ0v) is 14.5. The minimum absolute atomic E-state index is 0.0540. The summed E-state index contributed by atoms with van der Waals surface area (Å²) in [5.41, 5.74) is 0.915. The first kappa shape index (κ1) is 17.7. The Bertz CT molecular complexity index is 1040. The Balaban J connectivity index is 1.50. The summed E-state index contributed by atoms with van der Waals surface area (Å²) in [5.74, 6) is -0.368. The number of carbonyl (C=O) groups is 1. The van der Waals surface area contributed by atoms with Crippen LogP contribution in [0.2, 0.25) is 0 Å². The number of halogens is 2. The third-order valence-electron chi connectivity index (χ3n) is 4.02. The second kappa shape index (κ2) is 7.51. The maximum Gasteiger partial charge on any atom is 0.255 e.